The smallest absolute Gasteiger partial charge is 0.215 e. The van der Waals surface area contributed by atoms with Crippen LogP contribution >= 0.6 is 0 Å². The zero-order chi connectivity index (χ0) is 12.4. The number of H-pyrrole nitrogens is 1. The van der Waals surface area contributed by atoms with E-state index in [1.807, 2.05) is 0 Å². The van der Waals surface area contributed by atoms with Crippen LogP contribution in [0.5, 0.6) is 5.75 Å². The van der Waals surface area contributed by atoms with E-state index >= 15 is 0 Å². The number of fused-ring (bicyclic) bond motifs is 1. The highest BCUT2D eigenvalue weighted by atomic mass is 16.8. The molecule has 1 aromatic heterocycles. The Balaban J connectivity index is 2.72. The van der Waals surface area contributed by atoms with E-state index in [-0.39, 0.29) is 5.69 Å². The van der Waals surface area contributed by atoms with Crippen LogP contribution in [0.4, 0.5) is 5.69 Å². The molecule has 92 valence electrons. The lowest BCUT2D eigenvalue weighted by molar-refractivity contribution is -0.990. The van der Waals surface area contributed by atoms with Crippen LogP contribution in [0.3, 0.4) is 0 Å². The van der Waals surface area contributed by atoms with Crippen molar-refractivity contribution in [3.63, 3.8) is 0 Å². The van der Waals surface area contributed by atoms with Gasteiger partial charge in [-0.1, -0.05) is 0 Å². The number of hydrogen-bond acceptors (Lipinski definition) is 4. The van der Waals surface area contributed by atoms with Crippen molar-refractivity contribution in [3.8, 4) is 5.75 Å². The van der Waals surface area contributed by atoms with E-state index in [0.717, 1.165) is 11.1 Å². The van der Waals surface area contributed by atoms with Gasteiger partial charge in [0.25, 0.3) is 0 Å². The van der Waals surface area contributed by atoms with E-state index in [0.29, 0.717) is 24.1 Å². The predicted molar refractivity (Wildman–Crippen MR) is 63.4 cm³/mol. The van der Waals surface area contributed by atoms with Gasteiger partial charge in [0, 0.05) is 6.20 Å². The van der Waals surface area contributed by atoms with E-state index < -0.39 is 5.23 Å². The topological polar surface area (TPSA) is 98.8 Å². The fourth-order valence-corrected chi connectivity index (χ4v) is 2.01. The molecule has 17 heavy (non-hydrogen) atoms. The third kappa shape index (κ3) is 1.98. The highest BCUT2D eigenvalue weighted by Crippen LogP contribution is 2.32. The maximum Gasteiger partial charge on any atom is 0.215 e. The molecule has 0 saturated carbocycles. The van der Waals surface area contributed by atoms with Crippen molar-refractivity contribution >= 4 is 16.6 Å². The summed E-state index contributed by atoms with van der Waals surface area (Å²) in [6.45, 7) is 0.475. The molecule has 0 radical (unpaired) electrons. The number of methoxy groups -OCH3 is 1. The van der Waals surface area contributed by atoms with Gasteiger partial charge in [0.15, 0.2) is 5.75 Å². The van der Waals surface area contributed by atoms with Gasteiger partial charge in [0.05, 0.1) is 18.0 Å². The van der Waals surface area contributed by atoms with Crippen molar-refractivity contribution < 1.29 is 15.2 Å². The second-order valence-corrected chi connectivity index (χ2v) is 3.72. The molecule has 1 heterocycles. The lowest BCUT2D eigenvalue weighted by atomic mass is 10.1. The van der Waals surface area contributed by atoms with Crippen molar-refractivity contribution in [2.75, 3.05) is 13.7 Å². The number of ether oxygens (including phenoxy) is 1. The molecular formula is C11H15N3O3. The summed E-state index contributed by atoms with van der Waals surface area (Å²) in [5, 5.41) is 20.3. The third-order valence-corrected chi connectivity index (χ3v) is 2.74. The number of quaternary nitrogens is 1. The maximum atomic E-state index is 11.3. The standard InChI is InChI=1S/C11H15N3O3/c1-17-9-3-2-8-10(11(9)14(15)16)7(4-5-12)6-13-8/h2-3,6,13-15H,4-5,12H2,1H3. The monoisotopic (exact) mass is 237 g/mol. The molecule has 6 heteroatoms. The number of aromatic nitrogens is 1. The van der Waals surface area contributed by atoms with Crippen LogP contribution in [0.25, 0.3) is 10.9 Å². The maximum absolute atomic E-state index is 11.3. The molecule has 0 aliphatic rings. The Hall–Kier alpha value is -1.60. The summed E-state index contributed by atoms with van der Waals surface area (Å²) in [7, 11) is 1.46. The normalized spacial score (nSPS) is 12.9. The Morgan fingerprint density at radius 1 is 1.53 bits per heavy atom. The molecule has 0 fully saturated rings. The number of nitrogens with one attached hydrogen (secondary N) is 2. The number of aromatic amines is 1. The summed E-state index contributed by atoms with van der Waals surface area (Å²) < 4.78 is 5.09. The molecule has 1 unspecified atom stereocenters. The van der Waals surface area contributed by atoms with Crippen molar-refractivity contribution in [1.29, 1.82) is 0 Å². The molecule has 6 nitrogen and oxygen atoms in total. The van der Waals surface area contributed by atoms with E-state index in [1.165, 1.54) is 7.11 Å². The summed E-state index contributed by atoms with van der Waals surface area (Å²) in [6, 6.07) is 3.45. The average Bonchev–Trinajstić information content (AvgIpc) is 2.71. The van der Waals surface area contributed by atoms with Crippen molar-refractivity contribution in [2.24, 2.45) is 5.73 Å². The first kappa shape index (κ1) is 11.9. The molecule has 0 aliphatic carbocycles. The zero-order valence-electron chi connectivity index (χ0n) is 9.49. The minimum atomic E-state index is -0.995. The molecule has 1 atom stereocenters. The van der Waals surface area contributed by atoms with Gasteiger partial charge < -0.3 is 20.7 Å². The molecule has 2 aromatic rings. The number of nitrogens with two attached hydrogens (primary N) is 1. The minimum Gasteiger partial charge on any atom is -0.595 e. The lowest BCUT2D eigenvalue weighted by Gasteiger charge is -2.16. The Morgan fingerprint density at radius 2 is 2.29 bits per heavy atom. The van der Waals surface area contributed by atoms with E-state index in [1.54, 1.807) is 18.3 Å². The summed E-state index contributed by atoms with van der Waals surface area (Å²) in [6.07, 6.45) is 2.43. The molecule has 0 amide bonds. The van der Waals surface area contributed by atoms with E-state index in [9.17, 15) is 10.4 Å². The number of rotatable bonds is 4. The second kappa shape index (κ2) is 4.72. The summed E-state index contributed by atoms with van der Waals surface area (Å²) in [5.74, 6) is 0.364. The highest BCUT2D eigenvalue weighted by molar-refractivity contribution is 5.94. The van der Waals surface area contributed by atoms with E-state index in [4.69, 9.17) is 10.5 Å². The first-order chi connectivity index (χ1) is 8.19. The van der Waals surface area contributed by atoms with Crippen LogP contribution in [-0.2, 0) is 6.42 Å². The van der Waals surface area contributed by atoms with Crippen LogP contribution in [-0.4, -0.2) is 23.8 Å². The van der Waals surface area contributed by atoms with Crippen molar-refractivity contribution in [3.05, 3.63) is 29.1 Å². The Kier molecular flexibility index (Phi) is 3.30. The fraction of sp³-hybridized carbons (Fsp3) is 0.273. The van der Waals surface area contributed by atoms with Crippen LogP contribution in [0.15, 0.2) is 18.3 Å². The minimum absolute atomic E-state index is 0.190. The highest BCUT2D eigenvalue weighted by Gasteiger charge is 2.18. The SMILES string of the molecule is COc1ccc2[nH]cc(CCN)c2c1[NH+]([O-])O. The van der Waals surface area contributed by atoms with Crippen LogP contribution in [0, 0.1) is 5.21 Å². The van der Waals surface area contributed by atoms with Gasteiger partial charge in [0.2, 0.25) is 5.69 Å². The molecule has 0 saturated heterocycles. The summed E-state index contributed by atoms with van der Waals surface area (Å²) in [4.78, 5) is 3.05. The quantitative estimate of drug-likeness (QED) is 0.566. The van der Waals surface area contributed by atoms with Crippen molar-refractivity contribution in [1.82, 2.24) is 4.98 Å². The molecule has 0 aliphatic heterocycles. The second-order valence-electron chi connectivity index (χ2n) is 3.72. The fourth-order valence-electron chi connectivity index (χ4n) is 2.01. The molecule has 0 bridgehead atoms. The molecule has 0 spiro atoms. The number of benzene rings is 1. The van der Waals surface area contributed by atoms with Gasteiger partial charge in [-0.25, -0.2) is 5.21 Å². The number of hydrogen-bond donors (Lipinski definition) is 4. The van der Waals surface area contributed by atoms with Gasteiger partial charge in [0.1, 0.15) is 0 Å². The summed E-state index contributed by atoms with van der Waals surface area (Å²) in [5.41, 5.74) is 7.39. The first-order valence-corrected chi connectivity index (χ1v) is 5.29. The van der Waals surface area contributed by atoms with Crippen LogP contribution in [0.1, 0.15) is 5.56 Å². The van der Waals surface area contributed by atoms with E-state index in [2.05, 4.69) is 4.98 Å². The molecule has 2 rings (SSSR count). The Bertz CT molecular complexity index is 522. The third-order valence-electron chi connectivity index (χ3n) is 2.74. The van der Waals surface area contributed by atoms with Crippen LogP contribution in [0.2, 0.25) is 0 Å². The van der Waals surface area contributed by atoms with Gasteiger partial charge in [-0.2, -0.15) is 5.23 Å². The average molecular weight is 237 g/mol. The Labute approximate surface area is 98.1 Å². The molecule has 1 aromatic carbocycles. The lowest BCUT2D eigenvalue weighted by Crippen LogP contribution is -2.99. The zero-order valence-corrected chi connectivity index (χ0v) is 9.49. The van der Waals surface area contributed by atoms with Gasteiger partial charge >= 0.3 is 0 Å². The summed E-state index contributed by atoms with van der Waals surface area (Å²) >= 11 is 0. The van der Waals surface area contributed by atoms with Gasteiger partial charge in [-0.3, -0.25) is 0 Å². The largest absolute Gasteiger partial charge is 0.595 e. The molecule has 5 N–H and O–H groups in total. The van der Waals surface area contributed by atoms with Crippen molar-refractivity contribution in [2.45, 2.75) is 6.42 Å². The van der Waals surface area contributed by atoms with Crippen LogP contribution < -0.4 is 15.7 Å². The first-order valence-electron chi connectivity index (χ1n) is 5.29. The van der Waals surface area contributed by atoms with Gasteiger partial charge in [-0.15, -0.1) is 0 Å². The predicted octanol–water partition coefficient (Wildman–Crippen LogP) is 0.0811. The Morgan fingerprint density at radius 3 is 2.88 bits per heavy atom. The molecular weight excluding hydrogens is 222 g/mol. The van der Waals surface area contributed by atoms with Gasteiger partial charge in [-0.05, 0) is 30.7 Å².